The third kappa shape index (κ3) is 3.16. The van der Waals surface area contributed by atoms with Gasteiger partial charge in [0.15, 0.2) is 5.82 Å². The Balaban J connectivity index is 1.45. The molecule has 0 atom stereocenters. The van der Waals surface area contributed by atoms with Crippen LogP contribution in [0.1, 0.15) is 22.6 Å². The van der Waals surface area contributed by atoms with Gasteiger partial charge >= 0.3 is 0 Å². The lowest BCUT2D eigenvalue weighted by Gasteiger charge is -2.27. The van der Waals surface area contributed by atoms with Gasteiger partial charge in [-0.05, 0) is 6.92 Å². The molecule has 0 radical (unpaired) electrons. The molecule has 0 saturated carbocycles. The first kappa shape index (κ1) is 14.9. The summed E-state index contributed by atoms with van der Waals surface area (Å²) < 4.78 is 0. The Labute approximate surface area is 141 Å². The van der Waals surface area contributed by atoms with E-state index < -0.39 is 0 Å². The maximum Gasteiger partial charge on any atom is 0.159 e. The topological polar surface area (TPSA) is 54.8 Å². The molecule has 5 nitrogen and oxygen atoms in total. The van der Waals surface area contributed by atoms with Crippen LogP contribution in [0.4, 0.5) is 0 Å². The Morgan fingerprint density at radius 3 is 2.58 bits per heavy atom. The Hall–Kier alpha value is -2.66. The van der Waals surface area contributed by atoms with Crippen LogP contribution in [0.2, 0.25) is 0 Å². The van der Waals surface area contributed by atoms with Crippen molar-refractivity contribution in [1.82, 2.24) is 24.8 Å². The van der Waals surface area contributed by atoms with Gasteiger partial charge in [0.05, 0.1) is 0 Å². The second-order valence-corrected chi connectivity index (χ2v) is 6.13. The number of hydrogen-bond acceptors (Lipinski definition) is 5. The van der Waals surface area contributed by atoms with Gasteiger partial charge in [0.1, 0.15) is 5.82 Å². The highest BCUT2D eigenvalue weighted by atomic mass is 15.1. The predicted octanol–water partition coefficient (Wildman–Crippen LogP) is 2.80. The zero-order chi connectivity index (χ0) is 16.4. The normalized spacial score (nSPS) is 14.4. The van der Waals surface area contributed by atoms with Crippen LogP contribution >= 0.6 is 0 Å². The van der Waals surface area contributed by atoms with Crippen molar-refractivity contribution in [2.75, 3.05) is 6.54 Å². The van der Waals surface area contributed by atoms with Gasteiger partial charge < -0.3 is 0 Å². The maximum absolute atomic E-state index is 4.54. The number of nitrogens with zero attached hydrogens (tertiary/aromatic N) is 5. The van der Waals surface area contributed by atoms with E-state index in [4.69, 9.17) is 0 Å². The summed E-state index contributed by atoms with van der Waals surface area (Å²) in [4.78, 5) is 20.3. The van der Waals surface area contributed by atoms with Crippen molar-refractivity contribution in [3.63, 3.8) is 0 Å². The molecule has 0 bridgehead atoms. The summed E-state index contributed by atoms with van der Waals surface area (Å²) in [6, 6.07) is 10.1. The number of rotatable bonds is 3. The van der Waals surface area contributed by atoms with E-state index in [9.17, 15) is 0 Å². The fourth-order valence-electron chi connectivity index (χ4n) is 3.04. The molecule has 24 heavy (non-hydrogen) atoms. The molecule has 4 rings (SSSR count). The Bertz CT molecular complexity index is 830. The fraction of sp³-hybridized carbons (Fsp3) is 0.263. The lowest BCUT2D eigenvalue weighted by atomic mass is 10.1. The van der Waals surface area contributed by atoms with Crippen molar-refractivity contribution >= 4 is 0 Å². The zero-order valence-electron chi connectivity index (χ0n) is 13.7. The van der Waals surface area contributed by atoms with Crippen LogP contribution in [0.3, 0.4) is 0 Å². The van der Waals surface area contributed by atoms with Crippen molar-refractivity contribution in [2.24, 2.45) is 0 Å². The Morgan fingerprint density at radius 1 is 1.00 bits per heavy atom. The van der Waals surface area contributed by atoms with E-state index in [1.807, 2.05) is 55.8 Å². The minimum atomic E-state index is 0.771. The summed E-state index contributed by atoms with van der Waals surface area (Å²) in [6.07, 6.45) is 6.79. The van der Waals surface area contributed by atoms with Crippen molar-refractivity contribution in [3.8, 4) is 11.4 Å². The minimum absolute atomic E-state index is 0.771. The van der Waals surface area contributed by atoms with E-state index in [-0.39, 0.29) is 0 Å². The molecule has 1 aliphatic rings. The zero-order valence-corrected chi connectivity index (χ0v) is 13.7. The van der Waals surface area contributed by atoms with Gasteiger partial charge in [-0.15, -0.1) is 0 Å². The standard InChI is InChI=1S/C19H19N5/c1-14-20-11-17-13-24(8-7-18(17)23-14)12-15-9-21-19(22-10-15)16-5-3-2-4-6-16/h2-6,9-11H,7-8,12-13H2,1H3. The number of fused-ring (bicyclic) bond motifs is 1. The monoisotopic (exact) mass is 317 g/mol. The number of aromatic nitrogens is 4. The average molecular weight is 317 g/mol. The average Bonchev–Trinajstić information content (AvgIpc) is 2.63. The number of aryl methyl sites for hydroxylation is 1. The molecule has 2 aromatic heterocycles. The molecule has 120 valence electrons. The number of hydrogen-bond donors (Lipinski definition) is 0. The summed E-state index contributed by atoms with van der Waals surface area (Å²) in [6.45, 7) is 4.68. The highest BCUT2D eigenvalue weighted by Crippen LogP contribution is 2.19. The van der Waals surface area contributed by atoms with Crippen molar-refractivity contribution in [1.29, 1.82) is 0 Å². The summed E-state index contributed by atoms with van der Waals surface area (Å²) in [7, 11) is 0. The molecular weight excluding hydrogens is 298 g/mol. The van der Waals surface area contributed by atoms with E-state index in [1.165, 1.54) is 11.3 Å². The van der Waals surface area contributed by atoms with E-state index in [2.05, 4.69) is 24.8 Å². The summed E-state index contributed by atoms with van der Waals surface area (Å²) in [5.41, 5.74) is 4.60. The highest BCUT2D eigenvalue weighted by Gasteiger charge is 2.18. The molecule has 5 heteroatoms. The molecule has 0 fully saturated rings. The van der Waals surface area contributed by atoms with Crippen molar-refractivity contribution < 1.29 is 0 Å². The fourth-order valence-corrected chi connectivity index (χ4v) is 3.04. The molecule has 0 saturated heterocycles. The lowest BCUT2D eigenvalue weighted by Crippen LogP contribution is -2.31. The first-order chi connectivity index (χ1) is 11.8. The molecule has 1 aromatic carbocycles. The third-order valence-electron chi connectivity index (χ3n) is 4.28. The van der Waals surface area contributed by atoms with Gasteiger partial charge in [0.2, 0.25) is 0 Å². The van der Waals surface area contributed by atoms with E-state index in [0.717, 1.165) is 48.8 Å². The molecule has 0 unspecified atom stereocenters. The van der Waals surface area contributed by atoms with E-state index in [0.29, 0.717) is 0 Å². The lowest BCUT2D eigenvalue weighted by molar-refractivity contribution is 0.242. The van der Waals surface area contributed by atoms with Crippen LogP contribution in [0.15, 0.2) is 48.9 Å². The van der Waals surface area contributed by atoms with Gasteiger partial charge in [0, 0.05) is 67.0 Å². The summed E-state index contributed by atoms with van der Waals surface area (Å²) in [5.74, 6) is 1.62. The first-order valence-electron chi connectivity index (χ1n) is 8.18. The minimum Gasteiger partial charge on any atom is -0.294 e. The Morgan fingerprint density at radius 2 is 1.79 bits per heavy atom. The molecular formula is C19H19N5. The molecule has 0 N–H and O–H groups in total. The second kappa shape index (κ2) is 6.45. The quantitative estimate of drug-likeness (QED) is 0.743. The molecule has 0 amide bonds. The third-order valence-corrected chi connectivity index (χ3v) is 4.28. The molecule has 3 heterocycles. The van der Waals surface area contributed by atoms with Crippen LogP contribution in [-0.2, 0) is 19.5 Å². The largest absolute Gasteiger partial charge is 0.294 e. The summed E-state index contributed by atoms with van der Waals surface area (Å²) in [5, 5.41) is 0. The first-order valence-corrected chi connectivity index (χ1v) is 8.18. The summed E-state index contributed by atoms with van der Waals surface area (Å²) >= 11 is 0. The van der Waals surface area contributed by atoms with E-state index >= 15 is 0 Å². The van der Waals surface area contributed by atoms with Gasteiger partial charge in [-0.1, -0.05) is 30.3 Å². The van der Waals surface area contributed by atoms with Gasteiger partial charge in [-0.3, -0.25) is 4.90 Å². The number of benzene rings is 1. The van der Waals surface area contributed by atoms with Crippen LogP contribution in [-0.4, -0.2) is 31.4 Å². The molecule has 0 spiro atoms. The van der Waals surface area contributed by atoms with Crippen LogP contribution in [0, 0.1) is 6.92 Å². The van der Waals surface area contributed by atoms with Crippen LogP contribution in [0.25, 0.3) is 11.4 Å². The van der Waals surface area contributed by atoms with Crippen molar-refractivity contribution in [2.45, 2.75) is 26.4 Å². The van der Waals surface area contributed by atoms with Gasteiger partial charge in [-0.2, -0.15) is 0 Å². The van der Waals surface area contributed by atoms with Crippen LogP contribution in [0.5, 0.6) is 0 Å². The smallest absolute Gasteiger partial charge is 0.159 e. The molecule has 3 aromatic rings. The second-order valence-electron chi connectivity index (χ2n) is 6.13. The molecule has 1 aliphatic heterocycles. The Kier molecular flexibility index (Phi) is 4.01. The van der Waals surface area contributed by atoms with Gasteiger partial charge in [-0.25, -0.2) is 19.9 Å². The molecule has 0 aliphatic carbocycles. The predicted molar refractivity (Wildman–Crippen MR) is 92.1 cm³/mol. The van der Waals surface area contributed by atoms with Crippen LogP contribution < -0.4 is 0 Å². The SMILES string of the molecule is Cc1ncc2c(n1)CCN(Cc1cnc(-c3ccccc3)nc1)C2. The highest BCUT2D eigenvalue weighted by molar-refractivity contribution is 5.53. The van der Waals surface area contributed by atoms with Crippen molar-refractivity contribution in [3.05, 3.63) is 71.6 Å². The van der Waals surface area contributed by atoms with E-state index in [1.54, 1.807) is 0 Å². The van der Waals surface area contributed by atoms with Gasteiger partial charge in [0.25, 0.3) is 0 Å². The maximum atomic E-state index is 4.54.